The maximum Gasteiger partial charge on any atom is 0.0121 e. The van der Waals surface area contributed by atoms with Gasteiger partial charge >= 0.3 is 0 Å². The quantitative estimate of drug-likeness (QED) is 0.825. The third-order valence-corrected chi connectivity index (χ3v) is 5.17. The topological polar surface area (TPSA) is 15.3 Å². The molecule has 2 saturated heterocycles. The van der Waals surface area contributed by atoms with Crippen LogP contribution in [0.15, 0.2) is 0 Å². The maximum atomic E-state index is 3.74. The van der Waals surface area contributed by atoms with Crippen LogP contribution >= 0.6 is 0 Å². The number of hydrogen-bond donors (Lipinski definition) is 1. The normalized spacial score (nSPS) is 34.8. The standard InChI is InChI=1S/C16H32N2/c1-6-9-17-13-10-14-7-8-15(11-13)18(14)12(2)16(3,4)5/h12-15,17H,6-11H2,1-5H3. The molecule has 18 heavy (non-hydrogen) atoms. The molecule has 2 nitrogen and oxygen atoms in total. The molecule has 0 aromatic carbocycles. The van der Waals surface area contributed by atoms with E-state index in [1.807, 2.05) is 0 Å². The van der Waals surface area contributed by atoms with Crippen LogP contribution in [-0.4, -0.2) is 35.6 Å². The average Bonchev–Trinajstić information content (AvgIpc) is 2.55. The first-order chi connectivity index (χ1) is 8.43. The Kier molecular flexibility index (Phi) is 4.38. The van der Waals surface area contributed by atoms with E-state index in [1.54, 1.807) is 0 Å². The van der Waals surface area contributed by atoms with Gasteiger partial charge in [0.1, 0.15) is 0 Å². The molecule has 0 aromatic heterocycles. The van der Waals surface area contributed by atoms with Crippen LogP contribution < -0.4 is 5.32 Å². The van der Waals surface area contributed by atoms with Gasteiger partial charge in [0.15, 0.2) is 0 Å². The van der Waals surface area contributed by atoms with Gasteiger partial charge in [0.2, 0.25) is 0 Å². The first-order valence-electron chi connectivity index (χ1n) is 7.94. The summed E-state index contributed by atoms with van der Waals surface area (Å²) in [4.78, 5) is 2.85. The third kappa shape index (κ3) is 2.91. The van der Waals surface area contributed by atoms with Crippen molar-refractivity contribution in [3.8, 4) is 0 Å². The Morgan fingerprint density at radius 2 is 1.72 bits per heavy atom. The van der Waals surface area contributed by atoms with Crippen molar-refractivity contribution in [2.24, 2.45) is 5.41 Å². The average molecular weight is 252 g/mol. The zero-order valence-electron chi connectivity index (χ0n) is 13.0. The molecule has 2 aliphatic heterocycles. The SMILES string of the molecule is CCCNC1CC2CCC(C1)N2C(C)C(C)(C)C. The Labute approximate surface area is 114 Å². The maximum absolute atomic E-state index is 3.74. The van der Waals surface area contributed by atoms with Crippen molar-refractivity contribution in [1.29, 1.82) is 0 Å². The molecule has 2 rings (SSSR count). The van der Waals surface area contributed by atoms with Crippen LogP contribution in [0.2, 0.25) is 0 Å². The molecule has 2 heterocycles. The van der Waals surface area contributed by atoms with Crippen LogP contribution in [0.1, 0.15) is 66.7 Å². The minimum Gasteiger partial charge on any atom is -0.314 e. The van der Waals surface area contributed by atoms with E-state index in [2.05, 4.69) is 44.8 Å². The molecule has 0 radical (unpaired) electrons. The van der Waals surface area contributed by atoms with E-state index >= 15 is 0 Å². The van der Waals surface area contributed by atoms with E-state index < -0.39 is 0 Å². The van der Waals surface area contributed by atoms with Gasteiger partial charge in [-0.25, -0.2) is 0 Å². The van der Waals surface area contributed by atoms with Crippen molar-refractivity contribution < 1.29 is 0 Å². The number of nitrogens with one attached hydrogen (secondary N) is 1. The van der Waals surface area contributed by atoms with Gasteiger partial charge in [-0.05, 0) is 51.0 Å². The molecule has 0 aliphatic carbocycles. The van der Waals surface area contributed by atoms with Gasteiger partial charge in [-0.3, -0.25) is 4.90 Å². The first-order valence-corrected chi connectivity index (χ1v) is 7.94. The Morgan fingerprint density at radius 1 is 1.17 bits per heavy atom. The first kappa shape index (κ1) is 14.3. The lowest BCUT2D eigenvalue weighted by Gasteiger charge is -2.47. The highest BCUT2D eigenvalue weighted by atomic mass is 15.3. The number of fused-ring (bicyclic) bond motifs is 2. The molecule has 3 atom stereocenters. The van der Waals surface area contributed by atoms with Crippen LogP contribution in [-0.2, 0) is 0 Å². The lowest BCUT2D eigenvalue weighted by molar-refractivity contribution is 0.0265. The van der Waals surface area contributed by atoms with E-state index in [4.69, 9.17) is 0 Å². The van der Waals surface area contributed by atoms with Crippen LogP contribution in [0.5, 0.6) is 0 Å². The Hall–Kier alpha value is -0.0800. The molecule has 1 N–H and O–H groups in total. The summed E-state index contributed by atoms with van der Waals surface area (Å²) in [5.74, 6) is 0. The number of hydrogen-bond acceptors (Lipinski definition) is 2. The summed E-state index contributed by atoms with van der Waals surface area (Å²) in [6.07, 6.45) is 6.85. The predicted octanol–water partition coefficient (Wildman–Crippen LogP) is 3.42. The summed E-state index contributed by atoms with van der Waals surface area (Å²) in [6, 6.07) is 3.17. The van der Waals surface area contributed by atoms with E-state index in [1.165, 1.54) is 38.6 Å². The number of nitrogens with zero attached hydrogens (tertiary/aromatic N) is 1. The molecule has 0 saturated carbocycles. The van der Waals surface area contributed by atoms with Crippen molar-refractivity contribution in [3.63, 3.8) is 0 Å². The second kappa shape index (κ2) is 5.50. The van der Waals surface area contributed by atoms with Gasteiger partial charge in [0.25, 0.3) is 0 Å². The van der Waals surface area contributed by atoms with Gasteiger partial charge < -0.3 is 5.32 Å². The zero-order chi connectivity index (χ0) is 13.3. The molecule has 0 aromatic rings. The Bertz CT molecular complexity index is 255. The van der Waals surface area contributed by atoms with Crippen LogP contribution in [0, 0.1) is 5.41 Å². The number of rotatable bonds is 4. The van der Waals surface area contributed by atoms with E-state index in [0.717, 1.165) is 18.1 Å². The molecule has 2 fully saturated rings. The summed E-state index contributed by atoms with van der Waals surface area (Å²) < 4.78 is 0. The molecule has 0 amide bonds. The summed E-state index contributed by atoms with van der Waals surface area (Å²) in [7, 11) is 0. The second-order valence-corrected chi connectivity index (χ2v) is 7.50. The molecule has 2 heteroatoms. The smallest absolute Gasteiger partial charge is 0.0121 e. The van der Waals surface area contributed by atoms with Gasteiger partial charge in [0, 0.05) is 24.2 Å². The highest BCUT2D eigenvalue weighted by Gasteiger charge is 2.44. The molecule has 2 bridgehead atoms. The molecule has 2 aliphatic rings. The highest BCUT2D eigenvalue weighted by Crippen LogP contribution is 2.40. The van der Waals surface area contributed by atoms with Gasteiger partial charge in [-0.15, -0.1) is 0 Å². The zero-order valence-corrected chi connectivity index (χ0v) is 13.0. The summed E-state index contributed by atoms with van der Waals surface area (Å²) in [5.41, 5.74) is 0.407. The highest BCUT2D eigenvalue weighted by molar-refractivity contribution is 5.01. The van der Waals surface area contributed by atoms with E-state index in [-0.39, 0.29) is 0 Å². The molecular formula is C16H32N2. The number of piperidine rings is 1. The van der Waals surface area contributed by atoms with Crippen molar-refractivity contribution in [3.05, 3.63) is 0 Å². The minimum atomic E-state index is 0.407. The fraction of sp³-hybridized carbons (Fsp3) is 1.00. The van der Waals surface area contributed by atoms with Gasteiger partial charge in [-0.2, -0.15) is 0 Å². The molecule has 3 unspecified atom stereocenters. The summed E-state index contributed by atoms with van der Waals surface area (Å²) in [6.45, 7) is 13.1. The summed E-state index contributed by atoms with van der Waals surface area (Å²) >= 11 is 0. The van der Waals surface area contributed by atoms with Gasteiger partial charge in [0.05, 0.1) is 0 Å². The Morgan fingerprint density at radius 3 is 2.17 bits per heavy atom. The fourth-order valence-corrected chi connectivity index (χ4v) is 3.81. The fourth-order valence-electron chi connectivity index (χ4n) is 3.81. The lowest BCUT2D eigenvalue weighted by Crippen LogP contribution is -2.55. The van der Waals surface area contributed by atoms with Crippen LogP contribution in [0.25, 0.3) is 0 Å². The third-order valence-electron chi connectivity index (χ3n) is 5.17. The van der Waals surface area contributed by atoms with Crippen molar-refractivity contribution in [2.75, 3.05) is 6.54 Å². The van der Waals surface area contributed by atoms with Crippen molar-refractivity contribution in [2.45, 2.75) is 90.9 Å². The van der Waals surface area contributed by atoms with Gasteiger partial charge in [-0.1, -0.05) is 27.7 Å². The molecular weight excluding hydrogens is 220 g/mol. The van der Waals surface area contributed by atoms with Crippen molar-refractivity contribution >= 4 is 0 Å². The van der Waals surface area contributed by atoms with E-state index in [0.29, 0.717) is 11.5 Å². The molecule has 106 valence electrons. The van der Waals surface area contributed by atoms with Crippen LogP contribution in [0.3, 0.4) is 0 Å². The summed E-state index contributed by atoms with van der Waals surface area (Å²) in [5, 5.41) is 3.74. The monoisotopic (exact) mass is 252 g/mol. The Balaban J connectivity index is 1.98. The second-order valence-electron chi connectivity index (χ2n) is 7.50. The van der Waals surface area contributed by atoms with Crippen molar-refractivity contribution in [1.82, 2.24) is 10.2 Å². The molecule has 0 spiro atoms. The minimum absolute atomic E-state index is 0.407. The van der Waals surface area contributed by atoms with Crippen LogP contribution in [0.4, 0.5) is 0 Å². The lowest BCUT2D eigenvalue weighted by atomic mass is 9.83. The predicted molar refractivity (Wildman–Crippen MR) is 78.9 cm³/mol. The van der Waals surface area contributed by atoms with E-state index in [9.17, 15) is 0 Å². The largest absolute Gasteiger partial charge is 0.314 e.